The highest BCUT2D eigenvalue weighted by Crippen LogP contribution is 2.37. The second kappa shape index (κ2) is 6.96. The summed E-state index contributed by atoms with van der Waals surface area (Å²) in [6, 6.07) is 4.29. The normalized spacial score (nSPS) is 21.1. The van der Waals surface area contributed by atoms with E-state index in [0.717, 1.165) is 16.0 Å². The number of hydrogen-bond donors (Lipinski definition) is 0. The van der Waals surface area contributed by atoms with E-state index in [0.29, 0.717) is 5.92 Å². The molecule has 0 N–H and O–H groups in total. The van der Waals surface area contributed by atoms with Gasteiger partial charge in [0.15, 0.2) is 0 Å². The van der Waals surface area contributed by atoms with Crippen LogP contribution < -0.4 is 0 Å². The highest BCUT2D eigenvalue weighted by molar-refractivity contribution is 9.10. The molecule has 0 aliphatic heterocycles. The molecule has 0 amide bonds. The zero-order valence-corrected chi connectivity index (χ0v) is 15.5. The fourth-order valence-corrected chi connectivity index (χ4v) is 4.99. The lowest BCUT2D eigenvalue weighted by Crippen LogP contribution is -2.14. The summed E-state index contributed by atoms with van der Waals surface area (Å²) in [5, 5.41) is 0. The van der Waals surface area contributed by atoms with E-state index >= 15 is 0 Å². The van der Waals surface area contributed by atoms with E-state index in [9.17, 15) is 0 Å². The van der Waals surface area contributed by atoms with Crippen molar-refractivity contribution in [2.24, 2.45) is 5.92 Å². The minimum Gasteiger partial charge on any atom is -0.303 e. The maximum atomic E-state index is 5.09. The van der Waals surface area contributed by atoms with Gasteiger partial charge in [0, 0.05) is 22.3 Å². The molecule has 4 rings (SSSR count). The van der Waals surface area contributed by atoms with E-state index in [1.54, 1.807) is 0 Å². The molecule has 2 saturated carbocycles. The average molecular weight is 375 g/mol. The van der Waals surface area contributed by atoms with Gasteiger partial charge in [0.25, 0.3) is 0 Å². The van der Waals surface area contributed by atoms with E-state index in [1.165, 1.54) is 82.0 Å². The molecule has 0 unspecified atom stereocenters. The lowest BCUT2D eigenvalue weighted by Gasteiger charge is -2.24. The summed E-state index contributed by atoms with van der Waals surface area (Å²) in [6.45, 7) is 0. The summed E-state index contributed by atoms with van der Waals surface area (Å²) in [5.41, 5.74) is 4.08. The molecular weight excluding hydrogens is 348 g/mol. The maximum Gasteiger partial charge on any atom is 0.137 e. The number of nitrogens with zero attached hydrogens (tertiary/aromatic N) is 2. The SMILES string of the molecule is Brc1ccc2nc(C3CCCCC3)c(CC3CCCCC3)n2c1. The molecule has 3 heteroatoms. The molecule has 2 fully saturated rings. The van der Waals surface area contributed by atoms with Crippen LogP contribution in [0.3, 0.4) is 0 Å². The Bertz CT molecular complexity index is 664. The van der Waals surface area contributed by atoms with Crippen molar-refractivity contribution < 1.29 is 0 Å². The number of hydrogen-bond acceptors (Lipinski definition) is 1. The molecule has 2 heterocycles. The lowest BCUT2D eigenvalue weighted by atomic mass is 9.82. The van der Waals surface area contributed by atoms with E-state index in [2.05, 4.69) is 38.7 Å². The number of pyridine rings is 1. The number of halogens is 1. The number of aromatic nitrogens is 2. The summed E-state index contributed by atoms with van der Waals surface area (Å²) in [7, 11) is 0. The van der Waals surface area contributed by atoms with Gasteiger partial charge < -0.3 is 4.40 Å². The number of rotatable bonds is 3. The Balaban J connectivity index is 1.72. The van der Waals surface area contributed by atoms with Gasteiger partial charge in [-0.05, 0) is 53.2 Å². The molecule has 2 nitrogen and oxygen atoms in total. The second-order valence-electron chi connectivity index (χ2n) is 7.56. The van der Waals surface area contributed by atoms with Crippen LogP contribution in [0.2, 0.25) is 0 Å². The van der Waals surface area contributed by atoms with Crippen LogP contribution in [0.15, 0.2) is 22.8 Å². The molecule has 2 aliphatic rings. The van der Waals surface area contributed by atoms with Gasteiger partial charge >= 0.3 is 0 Å². The van der Waals surface area contributed by atoms with Crippen molar-refractivity contribution in [2.45, 2.75) is 76.5 Å². The summed E-state index contributed by atoms with van der Waals surface area (Å²) < 4.78 is 3.53. The van der Waals surface area contributed by atoms with Crippen molar-refractivity contribution >= 4 is 21.6 Å². The molecule has 124 valence electrons. The molecule has 2 aliphatic carbocycles. The summed E-state index contributed by atoms with van der Waals surface area (Å²) in [5.74, 6) is 1.56. The highest BCUT2D eigenvalue weighted by Gasteiger charge is 2.25. The van der Waals surface area contributed by atoms with Gasteiger partial charge in [-0.25, -0.2) is 4.98 Å². The first-order valence-corrected chi connectivity index (χ1v) is 10.3. The standard InChI is InChI=1S/C20H27BrN2/c21-17-11-12-19-22-20(16-9-5-2-6-10-16)18(23(19)14-17)13-15-7-3-1-4-8-15/h11-12,14-16H,1-10,13H2. The van der Waals surface area contributed by atoms with Gasteiger partial charge in [-0.15, -0.1) is 0 Å². The summed E-state index contributed by atoms with van der Waals surface area (Å²) >= 11 is 3.65. The first kappa shape index (κ1) is 15.7. The fraction of sp³-hybridized carbons (Fsp3) is 0.650. The Morgan fingerprint density at radius 1 is 0.957 bits per heavy atom. The Kier molecular flexibility index (Phi) is 4.75. The van der Waals surface area contributed by atoms with Crippen LogP contribution in [0.25, 0.3) is 5.65 Å². The molecule has 0 radical (unpaired) electrons. The van der Waals surface area contributed by atoms with Crippen molar-refractivity contribution in [1.29, 1.82) is 0 Å². The van der Waals surface area contributed by atoms with Gasteiger partial charge in [-0.1, -0.05) is 51.4 Å². The maximum absolute atomic E-state index is 5.09. The van der Waals surface area contributed by atoms with Gasteiger partial charge in [-0.3, -0.25) is 0 Å². The van der Waals surface area contributed by atoms with Crippen LogP contribution in [0.5, 0.6) is 0 Å². The Labute approximate surface area is 147 Å². The van der Waals surface area contributed by atoms with Gasteiger partial charge in [-0.2, -0.15) is 0 Å². The van der Waals surface area contributed by atoms with Crippen LogP contribution >= 0.6 is 15.9 Å². The van der Waals surface area contributed by atoms with E-state index < -0.39 is 0 Å². The minimum absolute atomic E-state index is 0.695. The predicted molar refractivity (Wildman–Crippen MR) is 99.0 cm³/mol. The zero-order chi connectivity index (χ0) is 15.6. The van der Waals surface area contributed by atoms with Crippen LogP contribution in [0.1, 0.15) is 81.5 Å². The van der Waals surface area contributed by atoms with Crippen LogP contribution in [0.4, 0.5) is 0 Å². The molecule has 0 bridgehead atoms. The quantitative estimate of drug-likeness (QED) is 0.618. The topological polar surface area (TPSA) is 17.3 Å². The molecule has 23 heavy (non-hydrogen) atoms. The van der Waals surface area contributed by atoms with E-state index in [-0.39, 0.29) is 0 Å². The number of fused-ring (bicyclic) bond motifs is 1. The van der Waals surface area contributed by atoms with Crippen LogP contribution in [-0.2, 0) is 6.42 Å². The molecule has 0 atom stereocenters. The Morgan fingerprint density at radius 3 is 2.39 bits per heavy atom. The third kappa shape index (κ3) is 3.35. The third-order valence-corrected chi connectivity index (χ3v) is 6.38. The first-order chi connectivity index (χ1) is 11.3. The summed E-state index contributed by atoms with van der Waals surface area (Å²) in [4.78, 5) is 5.09. The van der Waals surface area contributed by atoms with Crippen LogP contribution in [-0.4, -0.2) is 9.38 Å². The number of imidazole rings is 1. The van der Waals surface area contributed by atoms with Crippen molar-refractivity contribution in [3.63, 3.8) is 0 Å². The van der Waals surface area contributed by atoms with Crippen molar-refractivity contribution in [3.05, 3.63) is 34.2 Å². The first-order valence-electron chi connectivity index (χ1n) is 9.47. The summed E-state index contributed by atoms with van der Waals surface area (Å²) in [6.07, 6.45) is 17.4. The Hall–Kier alpha value is -0.830. The molecule has 0 spiro atoms. The predicted octanol–water partition coefficient (Wildman–Crippen LogP) is 6.27. The lowest BCUT2D eigenvalue weighted by molar-refractivity contribution is 0.350. The monoisotopic (exact) mass is 374 g/mol. The highest BCUT2D eigenvalue weighted by atomic mass is 79.9. The van der Waals surface area contributed by atoms with Crippen molar-refractivity contribution in [2.75, 3.05) is 0 Å². The van der Waals surface area contributed by atoms with Gasteiger partial charge in [0.1, 0.15) is 5.65 Å². The zero-order valence-electron chi connectivity index (χ0n) is 13.9. The largest absolute Gasteiger partial charge is 0.303 e. The van der Waals surface area contributed by atoms with Gasteiger partial charge in [0.05, 0.1) is 5.69 Å². The van der Waals surface area contributed by atoms with Crippen molar-refractivity contribution in [1.82, 2.24) is 9.38 Å². The molecule has 2 aromatic rings. The second-order valence-corrected chi connectivity index (χ2v) is 8.48. The van der Waals surface area contributed by atoms with E-state index in [4.69, 9.17) is 4.98 Å². The Morgan fingerprint density at radius 2 is 1.65 bits per heavy atom. The van der Waals surface area contributed by atoms with Gasteiger partial charge in [0.2, 0.25) is 0 Å². The van der Waals surface area contributed by atoms with Crippen LogP contribution in [0, 0.1) is 5.92 Å². The molecule has 0 aromatic carbocycles. The third-order valence-electron chi connectivity index (χ3n) is 5.91. The van der Waals surface area contributed by atoms with Crippen molar-refractivity contribution in [3.8, 4) is 0 Å². The molecular formula is C20H27BrN2. The fourth-order valence-electron chi connectivity index (χ4n) is 4.66. The van der Waals surface area contributed by atoms with E-state index in [1.807, 2.05) is 0 Å². The minimum atomic E-state index is 0.695. The average Bonchev–Trinajstić information content (AvgIpc) is 2.95. The molecule has 2 aromatic heterocycles. The smallest absolute Gasteiger partial charge is 0.137 e. The molecule has 0 saturated heterocycles.